The summed E-state index contributed by atoms with van der Waals surface area (Å²) in [6, 6.07) is 8.23. The number of carbonyl (C=O) groups excluding carboxylic acids is 2. The van der Waals surface area contributed by atoms with Crippen molar-refractivity contribution in [3.05, 3.63) is 62.2 Å². The molecule has 3 rings (SSSR count). The molecule has 0 radical (unpaired) electrons. The molecule has 1 aliphatic heterocycles. The fourth-order valence-electron chi connectivity index (χ4n) is 3.27. The molecule has 8 nitrogen and oxygen atoms in total. The van der Waals surface area contributed by atoms with E-state index in [4.69, 9.17) is 0 Å². The molecule has 0 unspecified atom stereocenters. The van der Waals surface area contributed by atoms with E-state index in [-0.39, 0.29) is 29.0 Å². The van der Waals surface area contributed by atoms with Crippen molar-refractivity contribution in [3.63, 3.8) is 0 Å². The minimum atomic E-state index is -0.520. The molecule has 1 fully saturated rings. The molecule has 2 aromatic rings. The van der Waals surface area contributed by atoms with Gasteiger partial charge in [0, 0.05) is 35.2 Å². The summed E-state index contributed by atoms with van der Waals surface area (Å²) in [5.41, 5.74) is 0.382. The number of piperidine rings is 1. The minimum absolute atomic E-state index is 0.0898. The zero-order valence-electron chi connectivity index (χ0n) is 15.2. The van der Waals surface area contributed by atoms with Crippen molar-refractivity contribution in [1.82, 2.24) is 9.88 Å². The van der Waals surface area contributed by atoms with Crippen LogP contribution in [0, 0.1) is 23.0 Å². The fourth-order valence-corrected chi connectivity index (χ4v) is 3.50. The first-order chi connectivity index (χ1) is 13.4. The first-order valence-corrected chi connectivity index (χ1v) is 9.62. The number of para-hydroxylation sites is 1. The van der Waals surface area contributed by atoms with Crippen molar-refractivity contribution in [1.29, 1.82) is 0 Å². The van der Waals surface area contributed by atoms with Crippen LogP contribution in [0.3, 0.4) is 0 Å². The highest BCUT2D eigenvalue weighted by Gasteiger charge is 2.31. The topological polar surface area (TPSA) is 105 Å². The second-order valence-corrected chi connectivity index (χ2v) is 7.56. The molecule has 1 N–H and O–H groups in total. The Morgan fingerprint density at radius 3 is 2.57 bits per heavy atom. The van der Waals surface area contributed by atoms with Crippen molar-refractivity contribution in [2.45, 2.75) is 19.8 Å². The Labute approximate surface area is 170 Å². The van der Waals surface area contributed by atoms with E-state index in [9.17, 15) is 19.7 Å². The molecule has 0 bridgehead atoms. The molecule has 0 atom stereocenters. The van der Waals surface area contributed by atoms with Crippen LogP contribution in [0.25, 0.3) is 0 Å². The van der Waals surface area contributed by atoms with Gasteiger partial charge in [0.1, 0.15) is 11.4 Å². The summed E-state index contributed by atoms with van der Waals surface area (Å²) in [7, 11) is 0. The molecule has 146 valence electrons. The van der Waals surface area contributed by atoms with Gasteiger partial charge in [0.15, 0.2) is 0 Å². The van der Waals surface area contributed by atoms with E-state index < -0.39 is 4.92 Å². The first-order valence-electron chi connectivity index (χ1n) is 8.82. The lowest BCUT2D eigenvalue weighted by atomic mass is 9.95. The number of hydrogen-bond donors (Lipinski definition) is 1. The number of nitrogens with one attached hydrogen (secondary N) is 1. The number of rotatable bonds is 4. The predicted molar refractivity (Wildman–Crippen MR) is 107 cm³/mol. The Bertz CT molecular complexity index is 909. The predicted octanol–water partition coefficient (Wildman–Crippen LogP) is 3.55. The largest absolute Gasteiger partial charge is 0.338 e. The molecule has 1 aliphatic rings. The lowest BCUT2D eigenvalue weighted by Crippen LogP contribution is -2.41. The minimum Gasteiger partial charge on any atom is -0.338 e. The summed E-state index contributed by atoms with van der Waals surface area (Å²) in [4.78, 5) is 41.7. The fraction of sp³-hybridized carbons (Fsp3) is 0.316. The van der Waals surface area contributed by atoms with Gasteiger partial charge < -0.3 is 10.2 Å². The van der Waals surface area contributed by atoms with E-state index in [1.165, 1.54) is 6.07 Å². The summed E-state index contributed by atoms with van der Waals surface area (Å²) >= 11 is 3.29. The number of halogens is 1. The average molecular weight is 447 g/mol. The number of amides is 2. The third kappa shape index (κ3) is 4.36. The highest BCUT2D eigenvalue weighted by Crippen LogP contribution is 2.27. The monoisotopic (exact) mass is 446 g/mol. The van der Waals surface area contributed by atoms with Crippen LogP contribution in [0.1, 0.15) is 28.8 Å². The van der Waals surface area contributed by atoms with Gasteiger partial charge in [0.2, 0.25) is 5.91 Å². The SMILES string of the molecule is Cc1cccc(C(=O)N2CCC(C(=O)Nc3ccc(Br)cn3)CC2)c1[N+](=O)[O-]. The van der Waals surface area contributed by atoms with Gasteiger partial charge in [-0.2, -0.15) is 0 Å². The van der Waals surface area contributed by atoms with Crippen LogP contribution in [-0.2, 0) is 4.79 Å². The van der Waals surface area contributed by atoms with E-state index in [1.54, 1.807) is 42.3 Å². The van der Waals surface area contributed by atoms with E-state index in [2.05, 4.69) is 26.2 Å². The van der Waals surface area contributed by atoms with Crippen LogP contribution < -0.4 is 5.32 Å². The van der Waals surface area contributed by atoms with Gasteiger partial charge in [-0.05, 0) is 53.9 Å². The quantitative estimate of drug-likeness (QED) is 0.570. The van der Waals surface area contributed by atoms with E-state index in [1.807, 2.05) is 0 Å². The Balaban J connectivity index is 1.63. The summed E-state index contributed by atoms with van der Waals surface area (Å²) in [6.07, 6.45) is 2.59. The summed E-state index contributed by atoms with van der Waals surface area (Å²) in [5.74, 6) is -0.267. The van der Waals surface area contributed by atoms with E-state index in [0.29, 0.717) is 37.3 Å². The average Bonchev–Trinajstić information content (AvgIpc) is 2.68. The van der Waals surface area contributed by atoms with Gasteiger partial charge in [-0.1, -0.05) is 12.1 Å². The second kappa shape index (κ2) is 8.47. The van der Waals surface area contributed by atoms with Crippen molar-refractivity contribution >= 4 is 39.2 Å². The highest BCUT2D eigenvalue weighted by atomic mass is 79.9. The third-order valence-electron chi connectivity index (χ3n) is 4.78. The Morgan fingerprint density at radius 1 is 1.25 bits per heavy atom. The standard InChI is InChI=1S/C19H19BrN4O4/c1-12-3-2-4-15(17(12)24(27)28)19(26)23-9-7-13(8-10-23)18(25)22-16-6-5-14(20)11-21-16/h2-6,11,13H,7-10H2,1H3,(H,21,22,25). The van der Waals surface area contributed by atoms with Crippen molar-refractivity contribution in [3.8, 4) is 0 Å². The van der Waals surface area contributed by atoms with Crippen LogP contribution in [0.4, 0.5) is 11.5 Å². The normalized spacial score (nSPS) is 14.6. The molecule has 2 amide bonds. The van der Waals surface area contributed by atoms with Gasteiger partial charge in [0.25, 0.3) is 11.6 Å². The van der Waals surface area contributed by atoms with Crippen molar-refractivity contribution in [2.24, 2.45) is 5.92 Å². The Hall–Kier alpha value is -2.81. The van der Waals surface area contributed by atoms with Gasteiger partial charge >= 0.3 is 0 Å². The number of nitro benzene ring substituents is 1. The molecule has 1 aromatic heterocycles. The number of hydrogen-bond acceptors (Lipinski definition) is 5. The van der Waals surface area contributed by atoms with E-state index in [0.717, 1.165) is 4.47 Å². The summed E-state index contributed by atoms with van der Waals surface area (Å²) in [5, 5.41) is 14.1. The zero-order valence-corrected chi connectivity index (χ0v) is 16.8. The summed E-state index contributed by atoms with van der Waals surface area (Å²) in [6.45, 7) is 2.35. The molecular weight excluding hydrogens is 428 g/mol. The number of nitro groups is 1. The molecule has 9 heteroatoms. The number of pyridine rings is 1. The number of carbonyl (C=O) groups is 2. The van der Waals surface area contributed by atoms with Crippen LogP contribution in [0.15, 0.2) is 41.0 Å². The number of nitrogens with zero attached hydrogens (tertiary/aromatic N) is 3. The first kappa shape index (κ1) is 19.9. The van der Waals surface area contributed by atoms with Crippen LogP contribution in [-0.4, -0.2) is 39.7 Å². The molecule has 1 saturated heterocycles. The number of likely N-dealkylation sites (tertiary alicyclic amines) is 1. The zero-order chi connectivity index (χ0) is 20.3. The molecule has 0 aliphatic carbocycles. The lowest BCUT2D eigenvalue weighted by molar-refractivity contribution is -0.385. The molecule has 2 heterocycles. The van der Waals surface area contributed by atoms with Crippen LogP contribution >= 0.6 is 15.9 Å². The summed E-state index contributed by atoms with van der Waals surface area (Å²) < 4.78 is 0.822. The van der Waals surface area contributed by atoms with Gasteiger partial charge in [-0.3, -0.25) is 19.7 Å². The van der Waals surface area contributed by atoms with Crippen LogP contribution in [0.2, 0.25) is 0 Å². The number of aromatic nitrogens is 1. The third-order valence-corrected chi connectivity index (χ3v) is 5.25. The number of benzene rings is 1. The smallest absolute Gasteiger partial charge is 0.285 e. The Morgan fingerprint density at radius 2 is 1.96 bits per heavy atom. The number of anilines is 1. The molecule has 0 spiro atoms. The molecule has 0 saturated carbocycles. The van der Waals surface area contributed by atoms with Crippen molar-refractivity contribution in [2.75, 3.05) is 18.4 Å². The van der Waals surface area contributed by atoms with Gasteiger partial charge in [-0.15, -0.1) is 0 Å². The maximum absolute atomic E-state index is 12.8. The second-order valence-electron chi connectivity index (χ2n) is 6.65. The lowest BCUT2D eigenvalue weighted by Gasteiger charge is -2.31. The molecule has 1 aromatic carbocycles. The van der Waals surface area contributed by atoms with Crippen molar-refractivity contribution < 1.29 is 14.5 Å². The van der Waals surface area contributed by atoms with E-state index >= 15 is 0 Å². The van der Waals surface area contributed by atoms with Gasteiger partial charge in [-0.25, -0.2) is 4.98 Å². The molecular formula is C19H19BrN4O4. The Kier molecular flexibility index (Phi) is 6.03. The maximum atomic E-state index is 12.8. The highest BCUT2D eigenvalue weighted by molar-refractivity contribution is 9.10. The maximum Gasteiger partial charge on any atom is 0.285 e. The van der Waals surface area contributed by atoms with Gasteiger partial charge in [0.05, 0.1) is 4.92 Å². The van der Waals surface area contributed by atoms with Crippen LogP contribution in [0.5, 0.6) is 0 Å². The number of aryl methyl sites for hydroxylation is 1. The molecule has 28 heavy (non-hydrogen) atoms.